The predicted octanol–water partition coefficient (Wildman–Crippen LogP) is 1.42. The van der Waals surface area contributed by atoms with Crippen molar-refractivity contribution >= 4 is 5.69 Å². The Bertz CT molecular complexity index is 338. The summed E-state index contributed by atoms with van der Waals surface area (Å²) in [4.78, 5) is 2.45. The molecule has 0 bridgehead atoms. The summed E-state index contributed by atoms with van der Waals surface area (Å²) in [6.07, 6.45) is 0. The molecule has 1 unspecified atom stereocenters. The second-order valence-corrected chi connectivity index (χ2v) is 4.27. The van der Waals surface area contributed by atoms with Gasteiger partial charge in [0.05, 0.1) is 19.3 Å². The van der Waals surface area contributed by atoms with E-state index in [0.717, 1.165) is 26.3 Å². The number of nitrogens with one attached hydrogen (secondary N) is 1. The summed E-state index contributed by atoms with van der Waals surface area (Å²) < 4.78 is 5.54. The average Bonchev–Trinajstić information content (AvgIpc) is 2.31. The molecule has 0 radical (unpaired) electrons. The number of rotatable bonds is 3. The third-order valence-corrected chi connectivity index (χ3v) is 3.09. The number of aryl methyl sites for hydroxylation is 1. The minimum atomic E-state index is 0.444. The molecule has 1 aliphatic heterocycles. The molecular weight excluding hydrogens is 200 g/mol. The van der Waals surface area contributed by atoms with Gasteiger partial charge in [0.2, 0.25) is 0 Å². The quantitative estimate of drug-likeness (QED) is 0.834. The SMILES string of the molecule is CNCC1COCCN1c1ccccc1C. The molecule has 1 aromatic carbocycles. The van der Waals surface area contributed by atoms with E-state index in [1.807, 2.05) is 7.05 Å². The molecule has 1 N–H and O–H groups in total. The highest BCUT2D eigenvalue weighted by Crippen LogP contribution is 2.23. The molecule has 1 fully saturated rings. The van der Waals surface area contributed by atoms with Gasteiger partial charge in [0, 0.05) is 18.8 Å². The number of ether oxygens (including phenoxy) is 1. The van der Waals surface area contributed by atoms with Crippen LogP contribution in [0.3, 0.4) is 0 Å². The molecule has 3 heteroatoms. The molecule has 16 heavy (non-hydrogen) atoms. The molecule has 1 heterocycles. The Balaban J connectivity index is 2.19. The van der Waals surface area contributed by atoms with Crippen LogP contribution < -0.4 is 10.2 Å². The highest BCUT2D eigenvalue weighted by atomic mass is 16.5. The fourth-order valence-corrected chi connectivity index (χ4v) is 2.26. The van der Waals surface area contributed by atoms with Gasteiger partial charge >= 0.3 is 0 Å². The Labute approximate surface area is 97.4 Å². The molecule has 3 nitrogen and oxygen atoms in total. The largest absolute Gasteiger partial charge is 0.377 e. The lowest BCUT2D eigenvalue weighted by Gasteiger charge is -2.38. The number of hydrogen-bond donors (Lipinski definition) is 1. The summed E-state index contributed by atoms with van der Waals surface area (Å²) in [6.45, 7) is 5.76. The van der Waals surface area contributed by atoms with Crippen LogP contribution in [0.1, 0.15) is 5.56 Å². The maximum Gasteiger partial charge on any atom is 0.0683 e. The van der Waals surface area contributed by atoms with Gasteiger partial charge in [0.1, 0.15) is 0 Å². The van der Waals surface area contributed by atoms with Gasteiger partial charge in [-0.2, -0.15) is 0 Å². The average molecular weight is 220 g/mol. The van der Waals surface area contributed by atoms with E-state index in [1.165, 1.54) is 11.3 Å². The zero-order chi connectivity index (χ0) is 11.4. The van der Waals surface area contributed by atoms with E-state index in [4.69, 9.17) is 4.74 Å². The predicted molar refractivity (Wildman–Crippen MR) is 67.1 cm³/mol. The van der Waals surface area contributed by atoms with E-state index in [0.29, 0.717) is 6.04 Å². The van der Waals surface area contributed by atoms with Gasteiger partial charge in [0.15, 0.2) is 0 Å². The first-order valence-electron chi connectivity index (χ1n) is 5.87. The first kappa shape index (κ1) is 11.4. The summed E-state index contributed by atoms with van der Waals surface area (Å²) in [5, 5.41) is 3.23. The summed E-state index contributed by atoms with van der Waals surface area (Å²) >= 11 is 0. The third-order valence-electron chi connectivity index (χ3n) is 3.09. The lowest BCUT2D eigenvalue weighted by Crippen LogP contribution is -2.50. The Morgan fingerprint density at radius 3 is 3.00 bits per heavy atom. The van der Waals surface area contributed by atoms with Crippen LogP contribution >= 0.6 is 0 Å². The van der Waals surface area contributed by atoms with Crippen molar-refractivity contribution in [2.75, 3.05) is 38.3 Å². The van der Waals surface area contributed by atoms with Crippen LogP contribution in [0.5, 0.6) is 0 Å². The number of morpholine rings is 1. The number of hydrogen-bond acceptors (Lipinski definition) is 3. The van der Waals surface area contributed by atoms with Gasteiger partial charge in [-0.05, 0) is 25.6 Å². The number of likely N-dealkylation sites (N-methyl/N-ethyl adjacent to an activating group) is 1. The van der Waals surface area contributed by atoms with E-state index >= 15 is 0 Å². The van der Waals surface area contributed by atoms with Crippen LogP contribution in [0, 0.1) is 6.92 Å². The molecular formula is C13H20N2O. The van der Waals surface area contributed by atoms with E-state index < -0.39 is 0 Å². The van der Waals surface area contributed by atoms with Crippen LogP contribution in [0.25, 0.3) is 0 Å². The normalized spacial score (nSPS) is 21.1. The van der Waals surface area contributed by atoms with Crippen molar-refractivity contribution in [3.05, 3.63) is 29.8 Å². The second kappa shape index (κ2) is 5.32. The smallest absolute Gasteiger partial charge is 0.0683 e. The molecule has 0 aliphatic carbocycles. The van der Waals surface area contributed by atoms with Crippen molar-refractivity contribution in [3.8, 4) is 0 Å². The number of benzene rings is 1. The standard InChI is InChI=1S/C13H20N2O/c1-11-5-3-4-6-13(11)15-7-8-16-10-12(15)9-14-2/h3-6,12,14H,7-10H2,1-2H3. The second-order valence-electron chi connectivity index (χ2n) is 4.27. The van der Waals surface area contributed by atoms with E-state index in [2.05, 4.69) is 41.4 Å². The summed E-state index contributed by atoms with van der Waals surface area (Å²) in [5.74, 6) is 0. The number of nitrogens with zero attached hydrogens (tertiary/aromatic N) is 1. The maximum atomic E-state index is 5.54. The maximum absolute atomic E-state index is 5.54. The molecule has 1 aliphatic rings. The summed E-state index contributed by atoms with van der Waals surface area (Å²) in [7, 11) is 1.99. The van der Waals surface area contributed by atoms with Gasteiger partial charge in [-0.1, -0.05) is 18.2 Å². The zero-order valence-electron chi connectivity index (χ0n) is 10.1. The highest BCUT2D eigenvalue weighted by Gasteiger charge is 2.23. The van der Waals surface area contributed by atoms with E-state index in [-0.39, 0.29) is 0 Å². The van der Waals surface area contributed by atoms with Crippen molar-refractivity contribution in [1.29, 1.82) is 0 Å². The minimum absolute atomic E-state index is 0.444. The number of anilines is 1. The summed E-state index contributed by atoms with van der Waals surface area (Å²) in [6, 6.07) is 9.00. The Morgan fingerprint density at radius 2 is 2.25 bits per heavy atom. The molecule has 0 spiro atoms. The topological polar surface area (TPSA) is 24.5 Å². The van der Waals surface area contributed by atoms with Crippen LogP contribution in [-0.4, -0.2) is 39.4 Å². The fraction of sp³-hybridized carbons (Fsp3) is 0.538. The van der Waals surface area contributed by atoms with Gasteiger partial charge in [-0.25, -0.2) is 0 Å². The molecule has 1 saturated heterocycles. The van der Waals surface area contributed by atoms with Crippen LogP contribution in [0.2, 0.25) is 0 Å². The van der Waals surface area contributed by atoms with Crippen molar-refractivity contribution in [3.63, 3.8) is 0 Å². The fourth-order valence-electron chi connectivity index (χ4n) is 2.26. The Kier molecular flexibility index (Phi) is 3.80. The lowest BCUT2D eigenvalue weighted by atomic mass is 10.1. The van der Waals surface area contributed by atoms with E-state index in [9.17, 15) is 0 Å². The van der Waals surface area contributed by atoms with Crippen LogP contribution in [0.15, 0.2) is 24.3 Å². The molecule has 0 aromatic heterocycles. The van der Waals surface area contributed by atoms with Crippen LogP contribution in [-0.2, 0) is 4.74 Å². The van der Waals surface area contributed by atoms with Gasteiger partial charge in [-0.15, -0.1) is 0 Å². The van der Waals surface area contributed by atoms with Gasteiger partial charge in [-0.3, -0.25) is 0 Å². The van der Waals surface area contributed by atoms with Crippen molar-refractivity contribution in [2.45, 2.75) is 13.0 Å². The first-order valence-corrected chi connectivity index (χ1v) is 5.87. The number of para-hydroxylation sites is 1. The third kappa shape index (κ3) is 2.36. The lowest BCUT2D eigenvalue weighted by molar-refractivity contribution is 0.0943. The van der Waals surface area contributed by atoms with Gasteiger partial charge < -0.3 is 15.0 Å². The van der Waals surface area contributed by atoms with Gasteiger partial charge in [0.25, 0.3) is 0 Å². The minimum Gasteiger partial charge on any atom is -0.377 e. The first-order chi connectivity index (χ1) is 7.83. The molecule has 1 atom stereocenters. The molecule has 2 rings (SSSR count). The van der Waals surface area contributed by atoms with Crippen molar-refractivity contribution in [2.24, 2.45) is 0 Å². The van der Waals surface area contributed by atoms with Crippen LogP contribution in [0.4, 0.5) is 5.69 Å². The van der Waals surface area contributed by atoms with Crippen molar-refractivity contribution in [1.82, 2.24) is 5.32 Å². The van der Waals surface area contributed by atoms with Crippen molar-refractivity contribution < 1.29 is 4.74 Å². The zero-order valence-corrected chi connectivity index (χ0v) is 10.1. The summed E-state index contributed by atoms with van der Waals surface area (Å²) in [5.41, 5.74) is 2.68. The van der Waals surface area contributed by atoms with E-state index in [1.54, 1.807) is 0 Å². The molecule has 0 saturated carbocycles. The Morgan fingerprint density at radius 1 is 1.44 bits per heavy atom. The highest BCUT2D eigenvalue weighted by molar-refractivity contribution is 5.54. The monoisotopic (exact) mass is 220 g/mol. The molecule has 1 aromatic rings. The Hall–Kier alpha value is -1.06. The molecule has 0 amide bonds. The molecule has 88 valence electrons.